The van der Waals surface area contributed by atoms with E-state index in [1.807, 2.05) is 67.6 Å². The summed E-state index contributed by atoms with van der Waals surface area (Å²) >= 11 is 0. The molecule has 2 heterocycles. The molecule has 6 heteroatoms. The average molecular weight is 386 g/mol. The van der Waals surface area contributed by atoms with E-state index in [4.69, 9.17) is 4.74 Å². The van der Waals surface area contributed by atoms with Crippen LogP contribution in [0.25, 0.3) is 16.7 Å². The number of ether oxygens (including phenoxy) is 1. The molecule has 0 aliphatic carbocycles. The van der Waals surface area contributed by atoms with Crippen LogP contribution in [0.3, 0.4) is 0 Å². The highest BCUT2D eigenvalue weighted by molar-refractivity contribution is 5.95. The average Bonchev–Trinajstić information content (AvgIpc) is 3.15. The third-order valence-electron chi connectivity index (χ3n) is 4.91. The predicted octanol–water partition coefficient (Wildman–Crippen LogP) is 3.71. The highest BCUT2D eigenvalue weighted by Gasteiger charge is 2.15. The summed E-state index contributed by atoms with van der Waals surface area (Å²) in [7, 11) is 1.64. The molecule has 2 aromatic carbocycles. The molecular formula is C23H22N4O2. The van der Waals surface area contributed by atoms with Crippen molar-refractivity contribution in [2.75, 3.05) is 13.7 Å². The number of carbonyl (C=O) groups excluding carboxylic acids is 1. The smallest absolute Gasteiger partial charge is 0.254 e. The van der Waals surface area contributed by atoms with E-state index < -0.39 is 0 Å². The molecule has 29 heavy (non-hydrogen) atoms. The number of nitrogens with zero attached hydrogens (tertiary/aromatic N) is 3. The van der Waals surface area contributed by atoms with Crippen molar-refractivity contribution in [1.29, 1.82) is 0 Å². The second kappa shape index (κ2) is 8.14. The van der Waals surface area contributed by atoms with Gasteiger partial charge in [-0.25, -0.2) is 9.67 Å². The Balaban J connectivity index is 1.44. The molecule has 4 rings (SSSR count). The summed E-state index contributed by atoms with van der Waals surface area (Å²) in [5.74, 6) is 1.38. The second-order valence-electron chi connectivity index (χ2n) is 6.77. The van der Waals surface area contributed by atoms with Gasteiger partial charge in [-0.3, -0.25) is 4.79 Å². The van der Waals surface area contributed by atoms with Crippen LogP contribution in [0.4, 0.5) is 0 Å². The van der Waals surface area contributed by atoms with Crippen LogP contribution in [0.15, 0.2) is 66.9 Å². The van der Waals surface area contributed by atoms with E-state index in [9.17, 15) is 4.79 Å². The van der Waals surface area contributed by atoms with Crippen molar-refractivity contribution in [2.45, 2.75) is 13.3 Å². The maximum absolute atomic E-state index is 12.6. The topological polar surface area (TPSA) is 69.0 Å². The van der Waals surface area contributed by atoms with Crippen molar-refractivity contribution in [3.8, 4) is 11.6 Å². The van der Waals surface area contributed by atoms with Crippen LogP contribution >= 0.6 is 0 Å². The van der Waals surface area contributed by atoms with Crippen LogP contribution < -0.4 is 10.1 Å². The number of fused-ring (bicyclic) bond motifs is 1. The van der Waals surface area contributed by atoms with E-state index in [0.717, 1.165) is 34.3 Å². The molecule has 1 N–H and O–H groups in total. The number of nitrogens with one attached hydrogen (secondary N) is 1. The number of rotatable bonds is 6. The zero-order valence-electron chi connectivity index (χ0n) is 16.4. The third-order valence-corrected chi connectivity index (χ3v) is 4.91. The minimum Gasteiger partial charge on any atom is -0.497 e. The lowest BCUT2D eigenvalue weighted by Gasteiger charge is -2.07. The summed E-state index contributed by atoms with van der Waals surface area (Å²) in [5, 5.41) is 8.41. The molecule has 0 atom stereocenters. The Bertz CT molecular complexity index is 1150. The van der Waals surface area contributed by atoms with Gasteiger partial charge in [0.2, 0.25) is 0 Å². The lowest BCUT2D eigenvalue weighted by molar-refractivity contribution is 0.0953. The van der Waals surface area contributed by atoms with Gasteiger partial charge in [0.15, 0.2) is 5.82 Å². The summed E-state index contributed by atoms with van der Waals surface area (Å²) < 4.78 is 6.86. The fraction of sp³-hybridized carbons (Fsp3) is 0.174. The van der Waals surface area contributed by atoms with Crippen molar-refractivity contribution < 1.29 is 9.53 Å². The van der Waals surface area contributed by atoms with Crippen molar-refractivity contribution in [1.82, 2.24) is 20.1 Å². The number of carbonyl (C=O) groups is 1. The van der Waals surface area contributed by atoms with Gasteiger partial charge in [-0.2, -0.15) is 5.10 Å². The van der Waals surface area contributed by atoms with Crippen LogP contribution in [-0.4, -0.2) is 34.3 Å². The molecule has 0 spiro atoms. The molecule has 4 aromatic rings. The van der Waals surface area contributed by atoms with Gasteiger partial charge in [0.1, 0.15) is 5.75 Å². The van der Waals surface area contributed by atoms with Crippen molar-refractivity contribution >= 4 is 16.8 Å². The number of pyridine rings is 1. The van der Waals surface area contributed by atoms with Gasteiger partial charge in [-0.05, 0) is 49.2 Å². The largest absolute Gasteiger partial charge is 0.497 e. The predicted molar refractivity (Wildman–Crippen MR) is 113 cm³/mol. The number of methoxy groups -OCH3 is 1. The molecule has 0 saturated carbocycles. The minimum absolute atomic E-state index is 0.136. The number of para-hydroxylation sites is 1. The Labute approximate surface area is 169 Å². The molecule has 2 aromatic heterocycles. The van der Waals surface area contributed by atoms with Gasteiger partial charge >= 0.3 is 0 Å². The Morgan fingerprint density at radius 2 is 1.86 bits per heavy atom. The third kappa shape index (κ3) is 3.96. The molecule has 0 bridgehead atoms. The maximum atomic E-state index is 12.6. The summed E-state index contributed by atoms with van der Waals surface area (Å²) in [6.45, 7) is 2.42. The quantitative estimate of drug-likeness (QED) is 0.548. The first-order valence-corrected chi connectivity index (χ1v) is 9.47. The highest BCUT2D eigenvalue weighted by atomic mass is 16.5. The molecule has 0 radical (unpaired) electrons. The van der Waals surface area contributed by atoms with Crippen molar-refractivity contribution in [3.63, 3.8) is 0 Å². The van der Waals surface area contributed by atoms with E-state index in [1.165, 1.54) is 0 Å². The number of benzene rings is 2. The van der Waals surface area contributed by atoms with Gasteiger partial charge in [-0.15, -0.1) is 0 Å². The van der Waals surface area contributed by atoms with E-state index in [2.05, 4.69) is 15.4 Å². The Morgan fingerprint density at radius 3 is 2.66 bits per heavy atom. The van der Waals surface area contributed by atoms with Crippen LogP contribution in [-0.2, 0) is 6.42 Å². The summed E-state index contributed by atoms with van der Waals surface area (Å²) in [6, 6.07) is 19.7. The first kappa shape index (κ1) is 18.7. The molecular weight excluding hydrogens is 364 g/mol. The summed E-state index contributed by atoms with van der Waals surface area (Å²) in [4.78, 5) is 17.3. The Kier molecular flexibility index (Phi) is 5.24. The number of hydrogen-bond acceptors (Lipinski definition) is 4. The van der Waals surface area contributed by atoms with Crippen LogP contribution in [0.2, 0.25) is 0 Å². The molecule has 0 unspecified atom stereocenters. The zero-order chi connectivity index (χ0) is 20.2. The molecule has 146 valence electrons. The summed E-state index contributed by atoms with van der Waals surface area (Å²) in [5.41, 5.74) is 3.34. The van der Waals surface area contributed by atoms with E-state index >= 15 is 0 Å². The minimum atomic E-state index is -0.136. The number of amides is 1. The second-order valence-corrected chi connectivity index (χ2v) is 6.77. The maximum Gasteiger partial charge on any atom is 0.254 e. The van der Waals surface area contributed by atoms with E-state index in [0.29, 0.717) is 17.9 Å². The van der Waals surface area contributed by atoms with Gasteiger partial charge in [0, 0.05) is 11.9 Å². The first-order chi connectivity index (χ1) is 14.2. The first-order valence-electron chi connectivity index (χ1n) is 9.47. The Morgan fingerprint density at radius 1 is 1.07 bits per heavy atom. The fourth-order valence-corrected chi connectivity index (χ4v) is 3.24. The van der Waals surface area contributed by atoms with Gasteiger partial charge < -0.3 is 10.1 Å². The molecule has 0 aliphatic heterocycles. The molecule has 0 fully saturated rings. The Hall–Kier alpha value is -3.67. The van der Waals surface area contributed by atoms with Gasteiger partial charge in [0.05, 0.1) is 30.1 Å². The van der Waals surface area contributed by atoms with Crippen molar-refractivity contribution in [2.24, 2.45) is 0 Å². The summed E-state index contributed by atoms with van der Waals surface area (Å²) in [6.07, 6.45) is 2.34. The lowest BCUT2D eigenvalue weighted by atomic mass is 10.1. The van der Waals surface area contributed by atoms with Gasteiger partial charge in [0.25, 0.3) is 5.91 Å². The molecule has 0 aliphatic rings. The fourth-order valence-electron chi connectivity index (χ4n) is 3.24. The van der Waals surface area contributed by atoms with Gasteiger partial charge in [-0.1, -0.05) is 30.3 Å². The SMILES string of the molecule is COc1ccc(CCNC(=O)c2cnn(-c3ccc4ccccc4n3)c2C)cc1. The molecule has 0 saturated heterocycles. The monoisotopic (exact) mass is 386 g/mol. The number of aromatic nitrogens is 3. The van der Waals surface area contributed by atoms with Crippen LogP contribution in [0, 0.1) is 6.92 Å². The molecule has 1 amide bonds. The molecule has 6 nitrogen and oxygen atoms in total. The van der Waals surface area contributed by atoms with Crippen LogP contribution in [0.5, 0.6) is 5.75 Å². The van der Waals surface area contributed by atoms with E-state index in [1.54, 1.807) is 18.0 Å². The van der Waals surface area contributed by atoms with Crippen LogP contribution in [0.1, 0.15) is 21.6 Å². The zero-order valence-corrected chi connectivity index (χ0v) is 16.4. The standard InChI is InChI=1S/C23H22N4O2/c1-16-20(23(28)24-14-13-17-7-10-19(29-2)11-8-17)15-25-27(16)22-12-9-18-5-3-4-6-21(18)26-22/h3-12,15H,13-14H2,1-2H3,(H,24,28). The number of hydrogen-bond donors (Lipinski definition) is 1. The highest BCUT2D eigenvalue weighted by Crippen LogP contribution is 2.17. The van der Waals surface area contributed by atoms with E-state index in [-0.39, 0.29) is 5.91 Å². The normalized spacial score (nSPS) is 10.8. The lowest BCUT2D eigenvalue weighted by Crippen LogP contribution is -2.26. The van der Waals surface area contributed by atoms with Crippen molar-refractivity contribution in [3.05, 3.63) is 83.7 Å².